The number of nitro groups is 1. The van der Waals surface area contributed by atoms with Crippen LogP contribution in [0.4, 0.5) is 10.5 Å². The van der Waals surface area contributed by atoms with E-state index in [-0.39, 0.29) is 6.54 Å². The smallest absolute Gasteiger partial charge is 0.412 e. The Hall–Kier alpha value is -2.31. The number of amides is 1. The van der Waals surface area contributed by atoms with Crippen molar-refractivity contribution in [1.82, 2.24) is 0 Å². The van der Waals surface area contributed by atoms with Crippen molar-refractivity contribution in [1.29, 1.82) is 0 Å². The maximum Gasteiger partial charge on any atom is 0.412 e. The van der Waals surface area contributed by atoms with Crippen molar-refractivity contribution in [2.45, 2.75) is 32.9 Å². The van der Waals surface area contributed by atoms with Crippen LogP contribution in [0.1, 0.15) is 26.3 Å². The van der Waals surface area contributed by atoms with E-state index in [1.165, 1.54) is 19.2 Å². The van der Waals surface area contributed by atoms with E-state index in [0.29, 0.717) is 17.0 Å². The number of anilines is 1. The molecule has 0 aromatic heterocycles. The summed E-state index contributed by atoms with van der Waals surface area (Å²) in [5.74, 6) is 0.343. The number of nitrogens with zero attached hydrogens (tertiary/aromatic N) is 1. The summed E-state index contributed by atoms with van der Waals surface area (Å²) in [6.07, 6.45) is -0.596. The molecule has 110 valence electrons. The summed E-state index contributed by atoms with van der Waals surface area (Å²) in [6, 6.07) is 4.61. The SMILES string of the molecule is COc1cc(NC(=O)OC(C)(C)C)ccc1C[N+](=O)[O-]. The molecule has 0 spiro atoms. The van der Waals surface area contributed by atoms with Gasteiger partial charge in [0.05, 0.1) is 12.7 Å². The normalized spacial score (nSPS) is 10.8. The Morgan fingerprint density at radius 1 is 1.40 bits per heavy atom. The molecular weight excluding hydrogens is 264 g/mol. The number of ether oxygens (including phenoxy) is 2. The average molecular weight is 282 g/mol. The summed E-state index contributed by atoms with van der Waals surface area (Å²) in [7, 11) is 1.41. The lowest BCUT2D eigenvalue weighted by Crippen LogP contribution is -2.27. The highest BCUT2D eigenvalue weighted by atomic mass is 16.6. The maximum absolute atomic E-state index is 11.6. The molecule has 0 saturated carbocycles. The van der Waals surface area contributed by atoms with E-state index in [2.05, 4.69) is 5.32 Å². The van der Waals surface area contributed by atoms with Gasteiger partial charge in [-0.25, -0.2) is 4.79 Å². The largest absolute Gasteiger partial charge is 0.496 e. The number of benzene rings is 1. The van der Waals surface area contributed by atoms with Gasteiger partial charge in [-0.1, -0.05) is 0 Å². The van der Waals surface area contributed by atoms with Crippen LogP contribution in [0.15, 0.2) is 18.2 Å². The first-order valence-corrected chi connectivity index (χ1v) is 6.00. The van der Waals surface area contributed by atoms with Gasteiger partial charge in [-0.3, -0.25) is 15.4 Å². The van der Waals surface area contributed by atoms with Crippen molar-refractivity contribution in [2.75, 3.05) is 12.4 Å². The van der Waals surface area contributed by atoms with Crippen LogP contribution in [0.2, 0.25) is 0 Å². The van der Waals surface area contributed by atoms with Gasteiger partial charge >= 0.3 is 6.09 Å². The van der Waals surface area contributed by atoms with Gasteiger partial charge in [0, 0.05) is 16.7 Å². The number of carbonyl (C=O) groups is 1. The Balaban J connectivity index is 2.82. The lowest BCUT2D eigenvalue weighted by molar-refractivity contribution is -0.496. The minimum atomic E-state index is -0.597. The molecule has 0 bridgehead atoms. The number of carbonyl (C=O) groups excluding carboxylic acids is 1. The molecule has 0 radical (unpaired) electrons. The highest BCUT2D eigenvalue weighted by Crippen LogP contribution is 2.24. The molecule has 20 heavy (non-hydrogen) atoms. The third kappa shape index (κ3) is 5.13. The molecule has 0 aliphatic heterocycles. The molecule has 0 unspecified atom stereocenters. The summed E-state index contributed by atoms with van der Waals surface area (Å²) in [6.45, 7) is 4.93. The van der Waals surface area contributed by atoms with Gasteiger partial charge in [0.25, 0.3) is 0 Å². The fraction of sp³-hybridized carbons (Fsp3) is 0.462. The molecule has 0 saturated heterocycles. The molecule has 0 heterocycles. The Bertz CT molecular complexity index is 508. The van der Waals surface area contributed by atoms with Crippen LogP contribution in [0.5, 0.6) is 5.75 Å². The van der Waals surface area contributed by atoms with Crippen molar-refractivity contribution in [3.05, 3.63) is 33.9 Å². The van der Waals surface area contributed by atoms with Crippen LogP contribution in [0.3, 0.4) is 0 Å². The first kappa shape index (κ1) is 15.7. The third-order valence-corrected chi connectivity index (χ3v) is 2.23. The van der Waals surface area contributed by atoms with Gasteiger partial charge < -0.3 is 9.47 Å². The number of rotatable bonds is 4. The predicted molar refractivity (Wildman–Crippen MR) is 73.5 cm³/mol. The summed E-state index contributed by atoms with van der Waals surface area (Å²) in [5.41, 5.74) is 0.287. The lowest BCUT2D eigenvalue weighted by Gasteiger charge is -2.19. The van der Waals surface area contributed by atoms with E-state index in [4.69, 9.17) is 9.47 Å². The highest BCUT2D eigenvalue weighted by molar-refractivity contribution is 5.85. The fourth-order valence-corrected chi connectivity index (χ4v) is 1.51. The van der Waals surface area contributed by atoms with Crippen LogP contribution < -0.4 is 10.1 Å². The summed E-state index contributed by atoms with van der Waals surface area (Å²) in [5, 5.41) is 13.1. The van der Waals surface area contributed by atoms with E-state index in [9.17, 15) is 14.9 Å². The Kier molecular flexibility index (Phi) is 4.90. The van der Waals surface area contributed by atoms with E-state index in [1.54, 1.807) is 26.8 Å². The van der Waals surface area contributed by atoms with Gasteiger partial charge in [0.2, 0.25) is 6.54 Å². The minimum absolute atomic E-state index is 0.337. The van der Waals surface area contributed by atoms with Crippen LogP contribution in [0, 0.1) is 10.1 Å². The first-order valence-electron chi connectivity index (χ1n) is 6.00. The standard InChI is InChI=1S/C13H18N2O5/c1-13(2,3)20-12(16)14-10-6-5-9(8-15(17)18)11(7-10)19-4/h5-7H,8H2,1-4H3,(H,14,16). The van der Waals surface area contributed by atoms with E-state index in [0.717, 1.165) is 0 Å². The average Bonchev–Trinajstić information content (AvgIpc) is 2.27. The molecule has 1 N–H and O–H groups in total. The number of hydrogen-bond acceptors (Lipinski definition) is 5. The molecule has 7 heteroatoms. The van der Waals surface area contributed by atoms with Crippen LogP contribution >= 0.6 is 0 Å². The molecule has 0 fully saturated rings. The zero-order valence-corrected chi connectivity index (χ0v) is 11.9. The van der Waals surface area contributed by atoms with Crippen molar-refractivity contribution in [3.63, 3.8) is 0 Å². The topological polar surface area (TPSA) is 90.7 Å². The Morgan fingerprint density at radius 2 is 2.05 bits per heavy atom. The molecule has 1 aromatic carbocycles. The molecular formula is C13H18N2O5. The van der Waals surface area contributed by atoms with E-state index in [1.807, 2.05) is 0 Å². The van der Waals surface area contributed by atoms with Gasteiger partial charge in [-0.15, -0.1) is 0 Å². The zero-order valence-electron chi connectivity index (χ0n) is 11.9. The molecule has 0 atom stereocenters. The minimum Gasteiger partial charge on any atom is -0.496 e. The molecule has 1 rings (SSSR count). The number of hydrogen-bond donors (Lipinski definition) is 1. The second-order valence-corrected chi connectivity index (χ2v) is 5.14. The van der Waals surface area contributed by atoms with Gasteiger partial charge in [-0.05, 0) is 32.9 Å². The molecule has 0 aliphatic carbocycles. The van der Waals surface area contributed by atoms with Crippen molar-refractivity contribution in [2.24, 2.45) is 0 Å². The first-order chi connectivity index (χ1) is 9.21. The summed E-state index contributed by atoms with van der Waals surface area (Å²) >= 11 is 0. The van der Waals surface area contributed by atoms with Crippen LogP contribution in [-0.4, -0.2) is 23.7 Å². The van der Waals surface area contributed by atoms with Crippen LogP contribution in [-0.2, 0) is 11.3 Å². The molecule has 1 amide bonds. The molecule has 1 aromatic rings. The van der Waals surface area contributed by atoms with Crippen molar-refractivity contribution in [3.8, 4) is 5.75 Å². The molecule has 0 aliphatic rings. The fourth-order valence-electron chi connectivity index (χ4n) is 1.51. The number of methoxy groups -OCH3 is 1. The molecule has 7 nitrogen and oxygen atoms in total. The summed E-state index contributed by atoms with van der Waals surface area (Å²) in [4.78, 5) is 21.7. The van der Waals surface area contributed by atoms with Gasteiger partial charge in [-0.2, -0.15) is 0 Å². The van der Waals surface area contributed by atoms with E-state index < -0.39 is 16.6 Å². The third-order valence-electron chi connectivity index (χ3n) is 2.23. The van der Waals surface area contributed by atoms with Crippen molar-refractivity contribution >= 4 is 11.8 Å². The van der Waals surface area contributed by atoms with Crippen LogP contribution in [0.25, 0.3) is 0 Å². The second kappa shape index (κ2) is 6.23. The van der Waals surface area contributed by atoms with E-state index >= 15 is 0 Å². The maximum atomic E-state index is 11.6. The second-order valence-electron chi connectivity index (χ2n) is 5.14. The number of nitrogens with one attached hydrogen (secondary N) is 1. The Labute approximate surface area is 117 Å². The van der Waals surface area contributed by atoms with Crippen molar-refractivity contribution < 1.29 is 19.2 Å². The van der Waals surface area contributed by atoms with Gasteiger partial charge in [0.15, 0.2) is 0 Å². The monoisotopic (exact) mass is 282 g/mol. The zero-order chi connectivity index (χ0) is 15.3. The Morgan fingerprint density at radius 3 is 2.55 bits per heavy atom. The highest BCUT2D eigenvalue weighted by Gasteiger charge is 2.17. The van der Waals surface area contributed by atoms with Gasteiger partial charge in [0.1, 0.15) is 11.4 Å². The predicted octanol–water partition coefficient (Wildman–Crippen LogP) is 2.82. The lowest BCUT2D eigenvalue weighted by atomic mass is 10.2. The quantitative estimate of drug-likeness (QED) is 0.677. The summed E-state index contributed by atoms with van der Waals surface area (Å²) < 4.78 is 10.2.